The number of carbonyl (C=O) groups is 1. The van der Waals surface area contributed by atoms with Crippen molar-refractivity contribution in [3.8, 4) is 0 Å². The van der Waals surface area contributed by atoms with Crippen molar-refractivity contribution in [1.82, 2.24) is 15.3 Å². The number of nitrogens with zero attached hydrogens (tertiary/aromatic N) is 2. The van der Waals surface area contributed by atoms with Crippen LogP contribution in [0.5, 0.6) is 0 Å². The third-order valence-electron chi connectivity index (χ3n) is 2.81. The molecule has 104 valence electrons. The van der Waals surface area contributed by atoms with E-state index in [9.17, 15) is 9.90 Å². The van der Waals surface area contributed by atoms with Crippen LogP contribution in [-0.2, 0) is 4.79 Å². The van der Waals surface area contributed by atoms with Crippen molar-refractivity contribution in [1.29, 1.82) is 0 Å². The number of nitrogens with one attached hydrogen (secondary N) is 1. The summed E-state index contributed by atoms with van der Waals surface area (Å²) in [5.74, 6) is -0.509. The highest BCUT2D eigenvalue weighted by atomic mass is 35.5. The molecule has 1 unspecified atom stereocenters. The Bertz CT molecular complexity index is 592. The largest absolute Gasteiger partial charge is 0.378 e. The lowest BCUT2D eigenvalue weighted by molar-refractivity contribution is -0.130. The summed E-state index contributed by atoms with van der Waals surface area (Å²) in [5, 5.41) is 12.9. The summed E-state index contributed by atoms with van der Waals surface area (Å²) in [6.07, 6.45) is 1.74. The average Bonchev–Trinajstić information content (AvgIpc) is 2.47. The molecule has 5 nitrogen and oxygen atoms in total. The second-order valence-electron chi connectivity index (χ2n) is 4.28. The third-order valence-corrected chi connectivity index (χ3v) is 3.10. The minimum Gasteiger partial charge on any atom is -0.378 e. The van der Waals surface area contributed by atoms with Crippen LogP contribution in [0.3, 0.4) is 0 Å². The summed E-state index contributed by atoms with van der Waals surface area (Å²) < 4.78 is 0. The van der Waals surface area contributed by atoms with Crippen molar-refractivity contribution in [2.24, 2.45) is 0 Å². The topological polar surface area (TPSA) is 75.1 Å². The zero-order valence-electron chi connectivity index (χ0n) is 10.8. The van der Waals surface area contributed by atoms with Crippen molar-refractivity contribution in [2.75, 3.05) is 0 Å². The van der Waals surface area contributed by atoms with Crippen LogP contribution in [0.1, 0.15) is 30.3 Å². The molecule has 2 N–H and O–H groups in total. The number of carbonyl (C=O) groups excluding carboxylic acids is 1. The molecule has 0 aliphatic rings. The van der Waals surface area contributed by atoms with Crippen molar-refractivity contribution < 1.29 is 9.90 Å². The van der Waals surface area contributed by atoms with E-state index in [1.54, 1.807) is 31.2 Å². The normalized spacial score (nSPS) is 13.6. The Morgan fingerprint density at radius 2 is 1.90 bits per heavy atom. The lowest BCUT2D eigenvalue weighted by Crippen LogP contribution is -2.32. The molecular formula is C14H14ClN3O2. The van der Waals surface area contributed by atoms with E-state index < -0.39 is 18.1 Å². The molecule has 0 bridgehead atoms. The molecule has 0 aliphatic carbocycles. The lowest BCUT2D eigenvalue weighted by atomic mass is 10.1. The van der Waals surface area contributed by atoms with Crippen LogP contribution in [0.15, 0.2) is 42.7 Å². The van der Waals surface area contributed by atoms with E-state index >= 15 is 0 Å². The number of benzene rings is 1. The van der Waals surface area contributed by atoms with Crippen LogP contribution >= 0.6 is 11.6 Å². The molecule has 0 saturated heterocycles. The van der Waals surface area contributed by atoms with Gasteiger partial charge in [-0.25, -0.2) is 4.98 Å². The molecule has 1 aromatic heterocycles. The van der Waals surface area contributed by atoms with Crippen molar-refractivity contribution >= 4 is 17.5 Å². The molecular weight excluding hydrogens is 278 g/mol. The molecule has 1 heterocycles. The van der Waals surface area contributed by atoms with Crippen molar-refractivity contribution in [2.45, 2.75) is 19.1 Å². The van der Waals surface area contributed by atoms with Gasteiger partial charge in [0.05, 0.1) is 11.7 Å². The smallest absolute Gasteiger partial charge is 0.254 e. The number of aliphatic hydroxyl groups excluding tert-OH is 1. The summed E-state index contributed by atoms with van der Waals surface area (Å²) in [6.45, 7) is 1.73. The first-order valence-corrected chi connectivity index (χ1v) is 6.47. The molecule has 0 fully saturated rings. The zero-order chi connectivity index (χ0) is 14.5. The van der Waals surface area contributed by atoms with Gasteiger partial charge in [0.25, 0.3) is 5.91 Å². The molecule has 6 heteroatoms. The van der Waals surface area contributed by atoms with Gasteiger partial charge in [-0.15, -0.1) is 0 Å². The highest BCUT2D eigenvalue weighted by molar-refractivity contribution is 6.30. The van der Waals surface area contributed by atoms with Crippen LogP contribution in [0.4, 0.5) is 0 Å². The number of amides is 1. The molecule has 2 atom stereocenters. The SMILES string of the molecule is CC(NC(=O)[C@H](O)c1ccccc1)c1nccnc1Cl. The van der Waals surface area contributed by atoms with Gasteiger partial charge >= 0.3 is 0 Å². The highest BCUT2D eigenvalue weighted by Crippen LogP contribution is 2.19. The van der Waals surface area contributed by atoms with Crippen LogP contribution in [0.25, 0.3) is 0 Å². The molecule has 0 spiro atoms. The number of aromatic nitrogens is 2. The summed E-state index contributed by atoms with van der Waals surface area (Å²) in [7, 11) is 0. The van der Waals surface area contributed by atoms with E-state index in [0.717, 1.165) is 0 Å². The van der Waals surface area contributed by atoms with E-state index in [2.05, 4.69) is 15.3 Å². The molecule has 1 amide bonds. The van der Waals surface area contributed by atoms with E-state index in [4.69, 9.17) is 11.6 Å². The molecule has 1 aromatic carbocycles. The molecule has 20 heavy (non-hydrogen) atoms. The van der Waals surface area contributed by atoms with Crippen molar-refractivity contribution in [3.63, 3.8) is 0 Å². The number of hydrogen-bond acceptors (Lipinski definition) is 4. The monoisotopic (exact) mass is 291 g/mol. The predicted molar refractivity (Wildman–Crippen MR) is 75.0 cm³/mol. The van der Waals surface area contributed by atoms with Gasteiger partial charge in [-0.2, -0.15) is 0 Å². The summed E-state index contributed by atoms with van der Waals surface area (Å²) in [4.78, 5) is 20.0. The minimum absolute atomic E-state index is 0.231. The maximum absolute atomic E-state index is 12.0. The summed E-state index contributed by atoms with van der Waals surface area (Å²) in [5.41, 5.74) is 0.991. The van der Waals surface area contributed by atoms with E-state index in [0.29, 0.717) is 11.3 Å². The maximum Gasteiger partial charge on any atom is 0.254 e. The van der Waals surface area contributed by atoms with Gasteiger partial charge in [-0.3, -0.25) is 9.78 Å². The second-order valence-corrected chi connectivity index (χ2v) is 4.63. The minimum atomic E-state index is -1.23. The first-order chi connectivity index (χ1) is 9.59. The van der Waals surface area contributed by atoms with E-state index in [1.165, 1.54) is 12.4 Å². The number of rotatable bonds is 4. The average molecular weight is 292 g/mol. The Morgan fingerprint density at radius 3 is 2.55 bits per heavy atom. The Kier molecular flexibility index (Phi) is 4.65. The Hall–Kier alpha value is -1.98. The third kappa shape index (κ3) is 3.31. The van der Waals surface area contributed by atoms with Gasteiger partial charge in [0.15, 0.2) is 11.3 Å². The number of aliphatic hydroxyl groups is 1. The van der Waals surface area contributed by atoms with Gasteiger partial charge in [0.1, 0.15) is 0 Å². The second kappa shape index (κ2) is 6.45. The van der Waals surface area contributed by atoms with E-state index in [-0.39, 0.29) is 5.15 Å². The molecule has 0 radical (unpaired) electrons. The van der Waals surface area contributed by atoms with Gasteiger partial charge in [-0.05, 0) is 12.5 Å². The fraction of sp³-hybridized carbons (Fsp3) is 0.214. The van der Waals surface area contributed by atoms with Gasteiger partial charge in [-0.1, -0.05) is 41.9 Å². The van der Waals surface area contributed by atoms with Crippen LogP contribution in [-0.4, -0.2) is 21.0 Å². The Balaban J connectivity index is 2.07. The molecule has 0 aliphatic heterocycles. The van der Waals surface area contributed by atoms with Gasteiger partial charge in [0.2, 0.25) is 0 Å². The predicted octanol–water partition coefficient (Wildman–Crippen LogP) is 2.04. The molecule has 2 aromatic rings. The Labute approximate surface area is 121 Å². The summed E-state index contributed by atoms with van der Waals surface area (Å²) in [6, 6.07) is 8.26. The quantitative estimate of drug-likeness (QED) is 0.904. The van der Waals surface area contributed by atoms with Crippen LogP contribution in [0.2, 0.25) is 5.15 Å². The first kappa shape index (κ1) is 14.4. The number of halogens is 1. The zero-order valence-corrected chi connectivity index (χ0v) is 11.6. The summed E-state index contributed by atoms with van der Waals surface area (Å²) >= 11 is 5.91. The standard InChI is InChI=1S/C14H14ClN3O2/c1-9(11-13(15)17-8-7-16-11)18-14(20)12(19)10-5-3-2-4-6-10/h2-9,12,19H,1H3,(H,18,20)/t9?,12-/m1/s1. The first-order valence-electron chi connectivity index (χ1n) is 6.09. The van der Waals surface area contributed by atoms with Crippen molar-refractivity contribution in [3.05, 3.63) is 59.1 Å². The molecule has 2 rings (SSSR count). The fourth-order valence-corrected chi connectivity index (χ4v) is 2.04. The number of hydrogen-bond donors (Lipinski definition) is 2. The highest BCUT2D eigenvalue weighted by Gasteiger charge is 2.21. The van der Waals surface area contributed by atoms with Crippen LogP contribution in [0, 0.1) is 0 Å². The lowest BCUT2D eigenvalue weighted by Gasteiger charge is -2.17. The van der Waals surface area contributed by atoms with Crippen LogP contribution < -0.4 is 5.32 Å². The van der Waals surface area contributed by atoms with E-state index in [1.807, 2.05) is 6.07 Å². The Morgan fingerprint density at radius 1 is 1.25 bits per heavy atom. The molecule has 0 saturated carbocycles. The van der Waals surface area contributed by atoms with Gasteiger partial charge in [0, 0.05) is 12.4 Å². The maximum atomic E-state index is 12.0. The fourth-order valence-electron chi connectivity index (χ4n) is 1.77. The van der Waals surface area contributed by atoms with Gasteiger partial charge < -0.3 is 10.4 Å².